The summed E-state index contributed by atoms with van der Waals surface area (Å²) >= 11 is 0. The second kappa shape index (κ2) is 8.81. The number of aromatic nitrogens is 4. The molecule has 1 saturated carbocycles. The normalized spacial score (nSPS) is 23.5. The maximum atomic E-state index is 10.8. The summed E-state index contributed by atoms with van der Waals surface area (Å²) in [6.45, 7) is -0.257. The molecule has 4 aromatic rings. The highest BCUT2D eigenvalue weighted by Gasteiger charge is 2.46. The van der Waals surface area contributed by atoms with Gasteiger partial charge in [-0.05, 0) is 31.4 Å². The number of allylic oxidation sites excluding steroid dienone is 4. The summed E-state index contributed by atoms with van der Waals surface area (Å²) in [6.07, 6.45) is 13.4. The Morgan fingerprint density at radius 1 is 1.17 bits per heavy atom. The summed E-state index contributed by atoms with van der Waals surface area (Å²) < 4.78 is 28.1. The van der Waals surface area contributed by atoms with Crippen molar-refractivity contribution in [3.05, 3.63) is 78.5 Å². The second-order valence-corrected chi connectivity index (χ2v) is 10.2. The molecule has 0 bridgehead atoms. The molecule has 0 radical (unpaired) electrons. The predicted molar refractivity (Wildman–Crippen MR) is 137 cm³/mol. The number of anilines is 1. The topological polar surface area (TPSA) is 133 Å². The number of nitrogen functional groups attached to an aromatic ring is 1. The summed E-state index contributed by atoms with van der Waals surface area (Å²) in [4.78, 5) is 14.2. The minimum atomic E-state index is -3.00. The molecule has 1 fully saturated rings. The van der Waals surface area contributed by atoms with Crippen LogP contribution in [-0.2, 0) is 15.2 Å². The van der Waals surface area contributed by atoms with Crippen molar-refractivity contribution in [3.8, 4) is 11.3 Å². The number of nitrogens with zero attached hydrogens (tertiary/aromatic N) is 4. The quantitative estimate of drug-likeness (QED) is 0.342. The van der Waals surface area contributed by atoms with Gasteiger partial charge >= 0.3 is 0 Å². The Labute approximate surface area is 209 Å². The fourth-order valence-corrected chi connectivity index (χ4v) is 5.54. The molecular weight excluding hydrogens is 478 g/mol. The van der Waals surface area contributed by atoms with Crippen LogP contribution in [0.25, 0.3) is 27.7 Å². The molecule has 2 aliphatic rings. The Balaban J connectivity index is 1.38. The van der Waals surface area contributed by atoms with E-state index >= 15 is 0 Å². The van der Waals surface area contributed by atoms with Crippen molar-refractivity contribution >= 4 is 33.2 Å². The Bertz CT molecular complexity index is 1610. The van der Waals surface area contributed by atoms with Gasteiger partial charge in [-0.25, -0.2) is 18.4 Å². The summed E-state index contributed by atoms with van der Waals surface area (Å²) in [5.41, 5.74) is 9.25. The monoisotopic (exact) mass is 503 g/mol. The minimum Gasteiger partial charge on any atom is -0.387 e. The molecule has 3 N–H and O–H groups in total. The smallest absolute Gasteiger partial charge is 0.257 e. The highest BCUT2D eigenvalue weighted by molar-refractivity contribution is 7.67. The van der Waals surface area contributed by atoms with Gasteiger partial charge in [-0.15, -0.1) is 0 Å². The van der Waals surface area contributed by atoms with Crippen LogP contribution in [0.4, 0.5) is 5.82 Å². The van der Waals surface area contributed by atoms with E-state index < -0.39 is 16.6 Å². The van der Waals surface area contributed by atoms with Gasteiger partial charge in [-0.3, -0.25) is 13.6 Å². The third-order valence-corrected chi connectivity index (χ3v) is 7.35. The number of thiol groups is 1. The van der Waals surface area contributed by atoms with Crippen LogP contribution >= 0.6 is 0 Å². The number of rotatable bonds is 6. The van der Waals surface area contributed by atoms with Gasteiger partial charge in [0.1, 0.15) is 22.9 Å². The predicted octanol–water partition coefficient (Wildman–Crippen LogP) is 3.28. The first-order valence-corrected chi connectivity index (χ1v) is 12.9. The SMILES string of the molecule is Nc1nccn2c1c(-c1ccc3ccc(C4C=CC=CC4)nc3c1)nc2[C@H]1C[C@](O)(CO[SH](=O)=O)C1. The van der Waals surface area contributed by atoms with Crippen molar-refractivity contribution in [3.63, 3.8) is 0 Å². The summed E-state index contributed by atoms with van der Waals surface area (Å²) in [7, 11) is -3.00. The summed E-state index contributed by atoms with van der Waals surface area (Å²) in [5, 5.41) is 11.6. The van der Waals surface area contributed by atoms with Gasteiger partial charge in [0.15, 0.2) is 0 Å². The minimum absolute atomic E-state index is 0.0810. The Morgan fingerprint density at radius 3 is 2.78 bits per heavy atom. The molecule has 184 valence electrons. The molecular formula is C26H25N5O4S. The highest BCUT2D eigenvalue weighted by atomic mass is 32.2. The molecule has 0 spiro atoms. The number of fused-ring (bicyclic) bond motifs is 2. The average Bonchev–Trinajstić information content (AvgIpc) is 3.26. The molecule has 10 heteroatoms. The third kappa shape index (κ3) is 4.06. The van der Waals surface area contributed by atoms with Gasteiger partial charge in [0, 0.05) is 40.9 Å². The Hall–Kier alpha value is -3.60. The molecule has 1 aromatic carbocycles. The van der Waals surface area contributed by atoms with E-state index in [0.717, 1.165) is 34.4 Å². The van der Waals surface area contributed by atoms with Crippen molar-refractivity contribution in [2.45, 2.75) is 36.7 Å². The van der Waals surface area contributed by atoms with Crippen LogP contribution in [0.1, 0.15) is 42.6 Å². The molecule has 2 aliphatic carbocycles. The zero-order chi connectivity index (χ0) is 24.9. The molecule has 36 heavy (non-hydrogen) atoms. The molecule has 0 aliphatic heterocycles. The van der Waals surface area contributed by atoms with E-state index in [1.165, 1.54) is 0 Å². The number of hydrogen-bond acceptors (Lipinski definition) is 8. The van der Waals surface area contributed by atoms with Gasteiger partial charge in [0.25, 0.3) is 11.0 Å². The van der Waals surface area contributed by atoms with Crippen molar-refractivity contribution < 1.29 is 17.7 Å². The van der Waals surface area contributed by atoms with Crippen molar-refractivity contribution in [2.75, 3.05) is 12.3 Å². The molecule has 9 nitrogen and oxygen atoms in total. The third-order valence-electron chi connectivity index (χ3n) is 7.01. The lowest BCUT2D eigenvalue weighted by molar-refractivity contribution is -0.0791. The molecule has 3 heterocycles. The standard InChI is InChI=1S/C26H25N5O4S/c27-24-23-22(18-7-6-17-8-9-20(29-21(17)12-18)16-4-2-1-3-5-16)30-25(31(23)11-10-28-24)19-13-26(32,14-19)15-35-36(33)34/h1-4,6-12,16,19,32,36H,5,13-15H2,(H2,27,28)/t16?,19-,26+. The van der Waals surface area contributed by atoms with Crippen molar-refractivity contribution in [1.29, 1.82) is 0 Å². The van der Waals surface area contributed by atoms with Crippen LogP contribution in [-0.4, -0.2) is 45.1 Å². The zero-order valence-corrected chi connectivity index (χ0v) is 20.2. The van der Waals surface area contributed by atoms with Crippen LogP contribution in [0.5, 0.6) is 0 Å². The van der Waals surface area contributed by atoms with E-state index in [1.54, 1.807) is 12.4 Å². The van der Waals surface area contributed by atoms with Crippen LogP contribution in [0.3, 0.4) is 0 Å². The number of aliphatic hydroxyl groups is 1. The van der Waals surface area contributed by atoms with Gasteiger partial charge in [-0.1, -0.05) is 42.5 Å². The van der Waals surface area contributed by atoms with Gasteiger partial charge in [-0.2, -0.15) is 0 Å². The van der Waals surface area contributed by atoms with Crippen molar-refractivity contribution in [1.82, 2.24) is 19.4 Å². The number of nitrogens with two attached hydrogens (primary N) is 1. The molecule has 0 saturated heterocycles. The fraction of sp³-hybridized carbons (Fsp3) is 0.269. The van der Waals surface area contributed by atoms with E-state index in [-0.39, 0.29) is 18.4 Å². The lowest BCUT2D eigenvalue weighted by Gasteiger charge is -2.42. The number of imidazole rings is 1. The number of hydrogen-bond donors (Lipinski definition) is 3. The lowest BCUT2D eigenvalue weighted by atomic mass is 9.71. The van der Waals surface area contributed by atoms with Crippen LogP contribution < -0.4 is 5.73 Å². The molecule has 0 amide bonds. The average molecular weight is 504 g/mol. The summed E-state index contributed by atoms with van der Waals surface area (Å²) in [5.74, 6) is 1.27. The van der Waals surface area contributed by atoms with E-state index in [9.17, 15) is 13.5 Å². The van der Waals surface area contributed by atoms with E-state index in [2.05, 4.69) is 45.6 Å². The number of benzene rings is 1. The maximum Gasteiger partial charge on any atom is 0.257 e. The van der Waals surface area contributed by atoms with Crippen LogP contribution in [0.2, 0.25) is 0 Å². The second-order valence-electron chi connectivity index (χ2n) is 9.48. The fourth-order valence-electron chi connectivity index (χ4n) is 5.19. The van der Waals surface area contributed by atoms with Gasteiger partial charge in [0.05, 0.1) is 17.7 Å². The molecule has 1 atom stereocenters. The first-order chi connectivity index (χ1) is 17.4. The Morgan fingerprint density at radius 2 is 2.00 bits per heavy atom. The Kier molecular flexibility index (Phi) is 5.59. The van der Waals surface area contributed by atoms with Crippen molar-refractivity contribution in [2.24, 2.45) is 0 Å². The molecule has 1 unspecified atom stereocenters. The van der Waals surface area contributed by atoms with E-state index in [0.29, 0.717) is 29.9 Å². The van der Waals surface area contributed by atoms with Crippen LogP contribution in [0.15, 0.2) is 67.0 Å². The number of pyridine rings is 1. The van der Waals surface area contributed by atoms with Gasteiger partial charge < -0.3 is 10.8 Å². The summed E-state index contributed by atoms with van der Waals surface area (Å²) in [6, 6.07) is 10.2. The van der Waals surface area contributed by atoms with E-state index in [4.69, 9.17) is 15.7 Å². The largest absolute Gasteiger partial charge is 0.387 e. The van der Waals surface area contributed by atoms with Gasteiger partial charge in [0.2, 0.25) is 0 Å². The maximum absolute atomic E-state index is 10.8. The zero-order valence-electron chi connectivity index (χ0n) is 19.3. The molecule has 6 rings (SSSR count). The molecule has 3 aromatic heterocycles. The van der Waals surface area contributed by atoms with E-state index in [1.807, 2.05) is 22.6 Å². The first-order valence-electron chi connectivity index (χ1n) is 11.8. The van der Waals surface area contributed by atoms with Crippen LogP contribution in [0, 0.1) is 0 Å². The first kappa shape index (κ1) is 22.8. The lowest BCUT2D eigenvalue weighted by Crippen LogP contribution is -2.46. The highest BCUT2D eigenvalue weighted by Crippen LogP contribution is 2.46.